The van der Waals surface area contributed by atoms with E-state index in [4.69, 9.17) is 11.6 Å². The van der Waals surface area contributed by atoms with Crippen LogP contribution in [0.25, 0.3) is 0 Å². The van der Waals surface area contributed by atoms with Crippen LogP contribution >= 0.6 is 11.6 Å². The van der Waals surface area contributed by atoms with E-state index < -0.39 is 0 Å². The van der Waals surface area contributed by atoms with Crippen LogP contribution in [0.4, 0.5) is 0 Å². The van der Waals surface area contributed by atoms with Crippen molar-refractivity contribution in [3.63, 3.8) is 0 Å². The number of hydrogen-bond acceptors (Lipinski definition) is 4. The van der Waals surface area contributed by atoms with Gasteiger partial charge in [0.1, 0.15) is 0 Å². The van der Waals surface area contributed by atoms with Crippen LogP contribution in [-0.4, -0.2) is 79.3 Å². The molecule has 21 heavy (non-hydrogen) atoms. The van der Waals surface area contributed by atoms with Gasteiger partial charge >= 0.3 is 0 Å². The second kappa shape index (κ2) is 8.11. The van der Waals surface area contributed by atoms with Crippen LogP contribution in [0.15, 0.2) is 24.3 Å². The highest BCUT2D eigenvalue weighted by Crippen LogP contribution is 2.12. The summed E-state index contributed by atoms with van der Waals surface area (Å²) in [4.78, 5) is 6.82. The first-order chi connectivity index (χ1) is 10.0. The molecule has 5 heteroatoms. The van der Waals surface area contributed by atoms with Crippen molar-refractivity contribution < 1.29 is 5.11 Å². The van der Waals surface area contributed by atoms with E-state index in [9.17, 15) is 5.11 Å². The molecular weight excluding hydrogens is 286 g/mol. The molecule has 0 saturated carbocycles. The molecule has 0 amide bonds. The Morgan fingerprint density at radius 3 is 2.67 bits per heavy atom. The van der Waals surface area contributed by atoms with Gasteiger partial charge in [0.25, 0.3) is 0 Å². The monoisotopic (exact) mass is 311 g/mol. The lowest BCUT2D eigenvalue weighted by atomic mass is 10.2. The predicted octanol–water partition coefficient (Wildman–Crippen LogP) is 1.38. The lowest BCUT2D eigenvalue weighted by Crippen LogP contribution is -2.48. The van der Waals surface area contributed by atoms with Crippen molar-refractivity contribution >= 4 is 11.6 Å². The summed E-state index contributed by atoms with van der Waals surface area (Å²) in [7, 11) is 4.18. The maximum absolute atomic E-state index is 10.2. The van der Waals surface area contributed by atoms with Crippen molar-refractivity contribution in [2.75, 3.05) is 53.4 Å². The molecule has 1 N–H and O–H groups in total. The van der Waals surface area contributed by atoms with Crippen molar-refractivity contribution in [2.45, 2.75) is 12.6 Å². The molecule has 0 spiro atoms. The average Bonchev–Trinajstić information content (AvgIpc) is 2.41. The Morgan fingerprint density at radius 1 is 1.29 bits per heavy atom. The normalized spacial score (nSPS) is 19.1. The zero-order valence-corrected chi connectivity index (χ0v) is 13.8. The van der Waals surface area contributed by atoms with Gasteiger partial charge in [-0.15, -0.1) is 0 Å². The topological polar surface area (TPSA) is 30.0 Å². The van der Waals surface area contributed by atoms with Crippen LogP contribution in [-0.2, 0) is 6.54 Å². The SMILES string of the molecule is CN1CCN(CC(O)CN(C)Cc2cccc(Cl)c2)CC1. The third-order valence-corrected chi connectivity index (χ3v) is 4.16. The molecule has 0 bridgehead atoms. The van der Waals surface area contributed by atoms with Gasteiger partial charge in [0.05, 0.1) is 6.10 Å². The van der Waals surface area contributed by atoms with Gasteiger partial charge in [-0.1, -0.05) is 23.7 Å². The number of nitrogens with zero attached hydrogens (tertiary/aromatic N) is 3. The Morgan fingerprint density at radius 2 is 2.00 bits per heavy atom. The lowest BCUT2D eigenvalue weighted by Gasteiger charge is -2.34. The quantitative estimate of drug-likeness (QED) is 0.860. The summed E-state index contributed by atoms with van der Waals surface area (Å²) in [5.41, 5.74) is 1.18. The summed E-state index contributed by atoms with van der Waals surface area (Å²) in [6, 6.07) is 7.89. The minimum Gasteiger partial charge on any atom is -0.390 e. The number of rotatable bonds is 6. The molecule has 1 heterocycles. The number of aliphatic hydroxyl groups excluding tert-OH is 1. The number of halogens is 1. The summed E-state index contributed by atoms with van der Waals surface area (Å²) in [5.74, 6) is 0. The average molecular weight is 312 g/mol. The van der Waals surface area contributed by atoms with Crippen LogP contribution < -0.4 is 0 Å². The van der Waals surface area contributed by atoms with Crippen LogP contribution in [0, 0.1) is 0 Å². The van der Waals surface area contributed by atoms with E-state index in [0.29, 0.717) is 6.54 Å². The minimum absolute atomic E-state index is 0.308. The fourth-order valence-electron chi connectivity index (χ4n) is 2.76. The van der Waals surface area contributed by atoms with Gasteiger partial charge in [-0.05, 0) is 31.8 Å². The van der Waals surface area contributed by atoms with Gasteiger partial charge in [0.15, 0.2) is 0 Å². The second-order valence-corrected chi connectivity index (χ2v) is 6.52. The van der Waals surface area contributed by atoms with Gasteiger partial charge < -0.3 is 10.0 Å². The Balaban J connectivity index is 1.73. The number of piperazine rings is 1. The number of hydrogen-bond donors (Lipinski definition) is 1. The number of aliphatic hydroxyl groups is 1. The lowest BCUT2D eigenvalue weighted by molar-refractivity contribution is 0.0594. The third-order valence-electron chi connectivity index (χ3n) is 3.93. The van der Waals surface area contributed by atoms with Crippen molar-refractivity contribution in [3.05, 3.63) is 34.9 Å². The highest BCUT2D eigenvalue weighted by molar-refractivity contribution is 6.30. The van der Waals surface area contributed by atoms with E-state index >= 15 is 0 Å². The van der Waals surface area contributed by atoms with Gasteiger partial charge in [0.2, 0.25) is 0 Å². The molecule has 1 atom stereocenters. The fraction of sp³-hybridized carbons (Fsp3) is 0.625. The van der Waals surface area contributed by atoms with Crippen molar-refractivity contribution in [1.29, 1.82) is 0 Å². The van der Waals surface area contributed by atoms with Gasteiger partial charge in [0, 0.05) is 50.8 Å². The van der Waals surface area contributed by atoms with Crippen LogP contribution in [0.1, 0.15) is 5.56 Å². The van der Waals surface area contributed by atoms with Crippen LogP contribution in [0.3, 0.4) is 0 Å². The zero-order valence-electron chi connectivity index (χ0n) is 13.0. The van der Waals surface area contributed by atoms with Gasteiger partial charge in [-0.3, -0.25) is 9.80 Å². The van der Waals surface area contributed by atoms with E-state index in [-0.39, 0.29) is 6.10 Å². The van der Waals surface area contributed by atoms with Crippen molar-refractivity contribution in [3.8, 4) is 0 Å². The molecular formula is C16H26ClN3O. The van der Waals surface area contributed by atoms with Crippen LogP contribution in [0.5, 0.6) is 0 Å². The van der Waals surface area contributed by atoms with E-state index in [1.807, 2.05) is 25.2 Å². The third kappa shape index (κ3) is 5.93. The Kier molecular flexibility index (Phi) is 6.45. The van der Waals surface area contributed by atoms with E-state index in [1.54, 1.807) is 0 Å². The fourth-order valence-corrected chi connectivity index (χ4v) is 2.97. The molecule has 0 aliphatic carbocycles. The summed E-state index contributed by atoms with van der Waals surface area (Å²) in [6.07, 6.45) is -0.308. The molecule has 1 aromatic rings. The van der Waals surface area contributed by atoms with Crippen molar-refractivity contribution in [1.82, 2.24) is 14.7 Å². The molecule has 1 saturated heterocycles. The first-order valence-corrected chi connectivity index (χ1v) is 7.92. The molecule has 118 valence electrons. The smallest absolute Gasteiger partial charge is 0.0793 e. The molecule has 0 aromatic heterocycles. The molecule has 1 aliphatic heterocycles. The zero-order chi connectivity index (χ0) is 15.2. The molecule has 4 nitrogen and oxygen atoms in total. The van der Waals surface area contributed by atoms with Gasteiger partial charge in [-0.25, -0.2) is 0 Å². The molecule has 2 rings (SSSR count). The minimum atomic E-state index is -0.308. The van der Waals surface area contributed by atoms with E-state index in [2.05, 4.69) is 27.8 Å². The maximum Gasteiger partial charge on any atom is 0.0793 e. The summed E-state index contributed by atoms with van der Waals surface area (Å²) >= 11 is 6.00. The molecule has 1 aromatic carbocycles. The van der Waals surface area contributed by atoms with Gasteiger partial charge in [-0.2, -0.15) is 0 Å². The molecule has 1 fully saturated rings. The number of likely N-dealkylation sites (N-methyl/N-ethyl adjacent to an activating group) is 2. The Bertz CT molecular complexity index is 435. The molecule has 1 aliphatic rings. The first kappa shape index (κ1) is 16.7. The highest BCUT2D eigenvalue weighted by atomic mass is 35.5. The second-order valence-electron chi connectivity index (χ2n) is 6.08. The maximum atomic E-state index is 10.2. The largest absolute Gasteiger partial charge is 0.390 e. The Labute approximate surface area is 132 Å². The molecule has 1 unspecified atom stereocenters. The van der Waals surface area contributed by atoms with E-state index in [1.165, 1.54) is 5.56 Å². The number of benzene rings is 1. The molecule has 0 radical (unpaired) electrons. The predicted molar refractivity (Wildman–Crippen MR) is 87.7 cm³/mol. The summed E-state index contributed by atoms with van der Waals surface area (Å²) < 4.78 is 0. The number of β-amino-alcohol motifs (C(OH)–C–C–N with tert-alkyl or cyclic N) is 1. The summed E-state index contributed by atoms with van der Waals surface area (Å²) in [5, 5.41) is 11.0. The highest BCUT2D eigenvalue weighted by Gasteiger charge is 2.17. The summed E-state index contributed by atoms with van der Waals surface area (Å²) in [6.45, 7) is 6.51. The van der Waals surface area contributed by atoms with Crippen LogP contribution in [0.2, 0.25) is 5.02 Å². The standard InChI is InChI=1S/C16H26ClN3O/c1-18-6-8-20(9-7-18)13-16(21)12-19(2)11-14-4-3-5-15(17)10-14/h3-5,10,16,21H,6-9,11-13H2,1-2H3. The van der Waals surface area contributed by atoms with E-state index in [0.717, 1.165) is 44.3 Å². The Hall–Kier alpha value is -0.650. The van der Waals surface area contributed by atoms with Crippen molar-refractivity contribution in [2.24, 2.45) is 0 Å². The first-order valence-electron chi connectivity index (χ1n) is 7.55.